The van der Waals surface area contributed by atoms with E-state index in [0.717, 1.165) is 10.6 Å². The maximum Gasteiger partial charge on any atom is 0.237 e. The van der Waals surface area contributed by atoms with Crippen LogP contribution in [0.15, 0.2) is 41.9 Å². The highest BCUT2D eigenvalue weighted by molar-refractivity contribution is 7.09. The molecule has 0 saturated carbocycles. The molecule has 0 bridgehead atoms. The van der Waals surface area contributed by atoms with Crippen molar-refractivity contribution in [3.8, 4) is 0 Å². The van der Waals surface area contributed by atoms with Gasteiger partial charge in [-0.1, -0.05) is 30.3 Å². The monoisotopic (exact) mass is 275 g/mol. The molecular formula is C14H17N3OS. The number of nitrogens with zero attached hydrogens (tertiary/aromatic N) is 1. The van der Waals surface area contributed by atoms with Gasteiger partial charge in [0.1, 0.15) is 5.01 Å². The molecule has 4 nitrogen and oxygen atoms in total. The SMILES string of the molecule is CN[C@@H](Cc1ccccc1)C(=O)NCc1nccs1. The lowest BCUT2D eigenvalue weighted by Crippen LogP contribution is -2.43. The minimum Gasteiger partial charge on any atom is -0.348 e. The smallest absolute Gasteiger partial charge is 0.237 e. The molecule has 100 valence electrons. The summed E-state index contributed by atoms with van der Waals surface area (Å²) >= 11 is 1.54. The standard InChI is InChI=1S/C14H17N3OS/c1-15-12(9-11-5-3-2-4-6-11)14(18)17-10-13-16-7-8-19-13/h2-8,12,15H,9-10H2,1H3,(H,17,18)/t12-/m0/s1. The fraction of sp³-hybridized carbons (Fsp3) is 0.286. The molecule has 1 heterocycles. The lowest BCUT2D eigenvalue weighted by molar-refractivity contribution is -0.123. The zero-order chi connectivity index (χ0) is 13.5. The summed E-state index contributed by atoms with van der Waals surface area (Å²) in [5.41, 5.74) is 1.14. The van der Waals surface area contributed by atoms with E-state index in [2.05, 4.69) is 15.6 Å². The third-order valence-electron chi connectivity index (χ3n) is 2.84. The highest BCUT2D eigenvalue weighted by Crippen LogP contribution is 2.05. The number of rotatable bonds is 6. The van der Waals surface area contributed by atoms with Crippen LogP contribution in [0.5, 0.6) is 0 Å². The largest absolute Gasteiger partial charge is 0.348 e. The van der Waals surface area contributed by atoms with Gasteiger partial charge in [-0.05, 0) is 19.0 Å². The summed E-state index contributed by atoms with van der Waals surface area (Å²) < 4.78 is 0. The Morgan fingerprint density at radius 2 is 2.16 bits per heavy atom. The molecule has 1 aromatic heterocycles. The Morgan fingerprint density at radius 1 is 1.37 bits per heavy atom. The molecular weight excluding hydrogens is 258 g/mol. The molecule has 0 aliphatic carbocycles. The van der Waals surface area contributed by atoms with Crippen LogP contribution in [0.1, 0.15) is 10.6 Å². The summed E-state index contributed by atoms with van der Waals surface area (Å²) in [7, 11) is 1.80. The van der Waals surface area contributed by atoms with Gasteiger partial charge in [0.2, 0.25) is 5.91 Å². The lowest BCUT2D eigenvalue weighted by Gasteiger charge is -2.15. The Bertz CT molecular complexity index is 499. The summed E-state index contributed by atoms with van der Waals surface area (Å²) in [4.78, 5) is 16.2. The van der Waals surface area contributed by atoms with E-state index in [4.69, 9.17) is 0 Å². The number of aromatic nitrogens is 1. The molecule has 19 heavy (non-hydrogen) atoms. The van der Waals surface area contributed by atoms with E-state index in [0.29, 0.717) is 13.0 Å². The van der Waals surface area contributed by atoms with E-state index >= 15 is 0 Å². The Kier molecular flexibility index (Phi) is 5.06. The number of carbonyl (C=O) groups is 1. The molecule has 0 fully saturated rings. The number of likely N-dealkylation sites (N-methyl/N-ethyl adjacent to an activating group) is 1. The van der Waals surface area contributed by atoms with E-state index < -0.39 is 0 Å². The van der Waals surface area contributed by atoms with Crippen molar-refractivity contribution in [1.82, 2.24) is 15.6 Å². The van der Waals surface area contributed by atoms with Gasteiger partial charge in [0.25, 0.3) is 0 Å². The first-order valence-electron chi connectivity index (χ1n) is 6.17. The van der Waals surface area contributed by atoms with E-state index in [9.17, 15) is 4.79 Å². The summed E-state index contributed by atoms with van der Waals surface area (Å²) in [6.45, 7) is 0.490. The van der Waals surface area contributed by atoms with Gasteiger partial charge in [0, 0.05) is 11.6 Å². The molecule has 5 heteroatoms. The normalized spacial score (nSPS) is 12.1. The van der Waals surface area contributed by atoms with Crippen molar-refractivity contribution < 1.29 is 4.79 Å². The first-order chi connectivity index (χ1) is 9.29. The topological polar surface area (TPSA) is 54.0 Å². The van der Waals surface area contributed by atoms with Crippen molar-refractivity contribution in [3.63, 3.8) is 0 Å². The van der Waals surface area contributed by atoms with Gasteiger partial charge in [-0.15, -0.1) is 11.3 Å². The minimum absolute atomic E-state index is 0.00144. The Morgan fingerprint density at radius 3 is 2.79 bits per heavy atom. The molecule has 0 aliphatic rings. The first-order valence-corrected chi connectivity index (χ1v) is 7.05. The second kappa shape index (κ2) is 7.01. The van der Waals surface area contributed by atoms with Gasteiger partial charge in [-0.25, -0.2) is 4.98 Å². The quantitative estimate of drug-likeness (QED) is 0.842. The number of thiazole rings is 1. The molecule has 1 aromatic carbocycles. The third kappa shape index (κ3) is 4.15. The summed E-state index contributed by atoms with van der Waals surface area (Å²) in [6.07, 6.45) is 2.42. The van der Waals surface area contributed by atoms with Gasteiger partial charge in [-0.3, -0.25) is 4.79 Å². The third-order valence-corrected chi connectivity index (χ3v) is 3.62. The second-order valence-corrected chi connectivity index (χ2v) is 5.15. The van der Waals surface area contributed by atoms with E-state index in [1.54, 1.807) is 24.6 Å². The van der Waals surface area contributed by atoms with Crippen LogP contribution in [0, 0.1) is 0 Å². The van der Waals surface area contributed by atoms with Crippen molar-refractivity contribution in [2.75, 3.05) is 7.05 Å². The highest BCUT2D eigenvalue weighted by Gasteiger charge is 2.16. The molecule has 2 N–H and O–H groups in total. The van der Waals surface area contributed by atoms with Crippen LogP contribution < -0.4 is 10.6 Å². The number of amides is 1. The zero-order valence-electron chi connectivity index (χ0n) is 10.8. The molecule has 0 unspecified atom stereocenters. The molecule has 2 aromatic rings. The van der Waals surface area contributed by atoms with Gasteiger partial charge in [0.15, 0.2) is 0 Å². The fourth-order valence-electron chi connectivity index (χ4n) is 1.80. The van der Waals surface area contributed by atoms with Gasteiger partial charge in [-0.2, -0.15) is 0 Å². The fourth-order valence-corrected chi connectivity index (χ4v) is 2.36. The van der Waals surface area contributed by atoms with Crippen LogP contribution in [0.25, 0.3) is 0 Å². The van der Waals surface area contributed by atoms with Crippen LogP contribution in [-0.4, -0.2) is 24.0 Å². The van der Waals surface area contributed by atoms with Crippen molar-refractivity contribution >= 4 is 17.2 Å². The number of nitrogens with one attached hydrogen (secondary N) is 2. The van der Waals surface area contributed by atoms with Gasteiger partial charge < -0.3 is 10.6 Å². The maximum atomic E-state index is 12.1. The molecule has 0 radical (unpaired) electrons. The molecule has 0 aliphatic heterocycles. The molecule has 0 saturated heterocycles. The van der Waals surface area contributed by atoms with Crippen molar-refractivity contribution in [2.45, 2.75) is 19.0 Å². The molecule has 0 spiro atoms. The summed E-state index contributed by atoms with van der Waals surface area (Å²) in [5.74, 6) is 0.00144. The molecule has 1 atom stereocenters. The summed E-state index contributed by atoms with van der Waals surface area (Å²) in [6, 6.07) is 9.77. The van der Waals surface area contributed by atoms with E-state index in [1.165, 1.54) is 0 Å². The molecule has 1 amide bonds. The van der Waals surface area contributed by atoms with Gasteiger partial charge in [0.05, 0.1) is 12.6 Å². The Labute approximate surface area is 116 Å². The molecule has 2 rings (SSSR count). The van der Waals surface area contributed by atoms with Crippen molar-refractivity contribution in [3.05, 3.63) is 52.5 Å². The van der Waals surface area contributed by atoms with Crippen LogP contribution in [0.4, 0.5) is 0 Å². The maximum absolute atomic E-state index is 12.1. The highest BCUT2D eigenvalue weighted by atomic mass is 32.1. The lowest BCUT2D eigenvalue weighted by atomic mass is 10.1. The number of hydrogen-bond acceptors (Lipinski definition) is 4. The number of benzene rings is 1. The van der Waals surface area contributed by atoms with Crippen LogP contribution in [0.3, 0.4) is 0 Å². The van der Waals surface area contributed by atoms with E-state index in [1.807, 2.05) is 35.7 Å². The van der Waals surface area contributed by atoms with E-state index in [-0.39, 0.29) is 11.9 Å². The first kappa shape index (κ1) is 13.7. The van der Waals surface area contributed by atoms with Crippen molar-refractivity contribution in [1.29, 1.82) is 0 Å². The Balaban J connectivity index is 1.88. The second-order valence-electron chi connectivity index (χ2n) is 4.17. The van der Waals surface area contributed by atoms with Crippen LogP contribution in [-0.2, 0) is 17.8 Å². The zero-order valence-corrected chi connectivity index (χ0v) is 11.6. The van der Waals surface area contributed by atoms with Crippen LogP contribution in [0.2, 0.25) is 0 Å². The average molecular weight is 275 g/mol. The predicted octanol–water partition coefficient (Wildman–Crippen LogP) is 1.59. The predicted molar refractivity (Wildman–Crippen MR) is 77.0 cm³/mol. The number of hydrogen-bond donors (Lipinski definition) is 2. The van der Waals surface area contributed by atoms with Gasteiger partial charge >= 0.3 is 0 Å². The average Bonchev–Trinajstić information content (AvgIpc) is 2.96. The summed E-state index contributed by atoms with van der Waals surface area (Å²) in [5, 5.41) is 8.78. The number of carbonyl (C=O) groups excluding carboxylic acids is 1. The Hall–Kier alpha value is -1.72. The van der Waals surface area contributed by atoms with Crippen molar-refractivity contribution in [2.24, 2.45) is 0 Å². The minimum atomic E-state index is -0.220. The van der Waals surface area contributed by atoms with Crippen LogP contribution >= 0.6 is 11.3 Å².